The third-order valence-corrected chi connectivity index (χ3v) is 3.74. The molecule has 8 heteroatoms. The number of urea groups is 1. The summed E-state index contributed by atoms with van der Waals surface area (Å²) in [5, 5.41) is 4.35. The van der Waals surface area contributed by atoms with Crippen molar-refractivity contribution in [3.63, 3.8) is 0 Å². The first-order valence-corrected chi connectivity index (χ1v) is 7.87. The van der Waals surface area contributed by atoms with Crippen molar-refractivity contribution in [1.29, 1.82) is 0 Å². The second-order valence-corrected chi connectivity index (χ2v) is 5.48. The molecular formula is C19H15F2N3O3. The van der Waals surface area contributed by atoms with Crippen LogP contribution in [0.5, 0.6) is 5.75 Å². The summed E-state index contributed by atoms with van der Waals surface area (Å²) in [7, 11) is 1.52. The van der Waals surface area contributed by atoms with Crippen molar-refractivity contribution in [2.45, 2.75) is 0 Å². The second-order valence-electron chi connectivity index (χ2n) is 5.48. The molecule has 0 aliphatic rings. The number of anilines is 1. The van der Waals surface area contributed by atoms with Crippen molar-refractivity contribution in [1.82, 2.24) is 9.88 Å². The van der Waals surface area contributed by atoms with Gasteiger partial charge in [0.15, 0.2) is 0 Å². The summed E-state index contributed by atoms with van der Waals surface area (Å²) < 4.78 is 34.3. The molecule has 0 fully saturated rings. The van der Waals surface area contributed by atoms with Crippen LogP contribution in [0.4, 0.5) is 19.3 Å². The minimum atomic E-state index is -1.18. The largest absolute Gasteiger partial charge is 0.495 e. The van der Waals surface area contributed by atoms with E-state index in [2.05, 4.69) is 5.32 Å². The first-order chi connectivity index (χ1) is 13.0. The second kappa shape index (κ2) is 7.69. The number of carbonyl (C=O) groups is 2. The maximum atomic E-state index is 13.6. The Morgan fingerprint density at radius 1 is 1.00 bits per heavy atom. The smallest absolute Gasteiger partial charge is 0.326 e. The molecule has 2 aromatic carbocycles. The van der Waals surface area contributed by atoms with E-state index in [0.717, 1.165) is 18.2 Å². The number of hydrogen-bond acceptors (Lipinski definition) is 3. The van der Waals surface area contributed by atoms with Crippen molar-refractivity contribution < 1.29 is 23.1 Å². The van der Waals surface area contributed by atoms with Crippen molar-refractivity contribution >= 4 is 17.6 Å². The molecule has 6 nitrogen and oxygen atoms in total. The third-order valence-electron chi connectivity index (χ3n) is 3.74. The van der Waals surface area contributed by atoms with Gasteiger partial charge in [-0.1, -0.05) is 6.07 Å². The van der Waals surface area contributed by atoms with Crippen LogP contribution in [0.2, 0.25) is 0 Å². The first-order valence-electron chi connectivity index (χ1n) is 7.87. The number of nitrogens with zero attached hydrogens (tertiary/aromatic N) is 1. The van der Waals surface area contributed by atoms with Crippen molar-refractivity contribution in [3.05, 3.63) is 78.1 Å². The average Bonchev–Trinajstić information content (AvgIpc) is 3.16. The van der Waals surface area contributed by atoms with Gasteiger partial charge in [-0.2, -0.15) is 0 Å². The normalized spacial score (nSPS) is 10.3. The molecule has 0 saturated heterocycles. The van der Waals surface area contributed by atoms with E-state index in [4.69, 9.17) is 4.74 Å². The lowest BCUT2D eigenvalue weighted by Gasteiger charge is -2.13. The molecule has 0 bridgehead atoms. The van der Waals surface area contributed by atoms with Gasteiger partial charge in [0.2, 0.25) is 0 Å². The van der Waals surface area contributed by atoms with Gasteiger partial charge in [-0.25, -0.2) is 13.6 Å². The highest BCUT2D eigenvalue weighted by atomic mass is 19.1. The molecule has 3 aromatic rings. The number of benzene rings is 2. The Bertz CT molecular complexity index is 968. The maximum Gasteiger partial charge on any atom is 0.326 e. The Labute approximate surface area is 153 Å². The molecule has 138 valence electrons. The van der Waals surface area contributed by atoms with Gasteiger partial charge in [-0.3, -0.25) is 10.1 Å². The van der Waals surface area contributed by atoms with E-state index < -0.39 is 29.1 Å². The van der Waals surface area contributed by atoms with E-state index in [1.54, 1.807) is 35.2 Å². The number of nitrogens with one attached hydrogen (secondary N) is 2. The number of hydrogen-bond donors (Lipinski definition) is 2. The van der Waals surface area contributed by atoms with Gasteiger partial charge in [0.1, 0.15) is 22.9 Å². The van der Waals surface area contributed by atoms with E-state index in [1.807, 2.05) is 17.4 Å². The molecule has 27 heavy (non-hydrogen) atoms. The maximum absolute atomic E-state index is 13.6. The zero-order valence-corrected chi connectivity index (χ0v) is 14.2. The van der Waals surface area contributed by atoms with E-state index in [0.29, 0.717) is 17.1 Å². The summed E-state index contributed by atoms with van der Waals surface area (Å²) in [4.78, 5) is 24.0. The van der Waals surface area contributed by atoms with Crippen molar-refractivity contribution in [3.8, 4) is 11.4 Å². The molecule has 0 aliphatic carbocycles. The summed E-state index contributed by atoms with van der Waals surface area (Å²) in [5.41, 5.74) is 0.195. The van der Waals surface area contributed by atoms with Gasteiger partial charge >= 0.3 is 6.03 Å². The molecule has 0 aliphatic heterocycles. The minimum absolute atomic E-state index is 0.360. The minimum Gasteiger partial charge on any atom is -0.495 e. The molecule has 1 aromatic heterocycles. The number of ether oxygens (including phenoxy) is 1. The number of imide groups is 1. The SMILES string of the molecule is COc1ccc(NC(=O)NC(=O)c2c(F)cccc2F)cc1-n1cccc1. The molecule has 0 unspecified atom stereocenters. The predicted molar refractivity (Wildman–Crippen MR) is 95.2 cm³/mol. The van der Waals surface area contributed by atoms with Crippen LogP contribution < -0.4 is 15.4 Å². The van der Waals surface area contributed by atoms with Gasteiger partial charge < -0.3 is 14.6 Å². The van der Waals surface area contributed by atoms with E-state index in [-0.39, 0.29) is 0 Å². The van der Waals surface area contributed by atoms with Gasteiger partial charge in [0, 0.05) is 18.1 Å². The van der Waals surface area contributed by atoms with Crippen LogP contribution >= 0.6 is 0 Å². The topological polar surface area (TPSA) is 72.4 Å². The fourth-order valence-corrected chi connectivity index (χ4v) is 2.51. The number of carbonyl (C=O) groups excluding carboxylic acids is 2. The summed E-state index contributed by atoms with van der Waals surface area (Å²) in [6.45, 7) is 0. The fourth-order valence-electron chi connectivity index (χ4n) is 2.51. The summed E-state index contributed by atoms with van der Waals surface area (Å²) in [6.07, 6.45) is 3.60. The van der Waals surface area contributed by atoms with Gasteiger partial charge in [0.25, 0.3) is 5.91 Å². The lowest BCUT2D eigenvalue weighted by Crippen LogP contribution is -2.35. The van der Waals surface area contributed by atoms with Crippen LogP contribution in [-0.4, -0.2) is 23.6 Å². The Kier molecular flexibility index (Phi) is 5.16. The Morgan fingerprint density at radius 3 is 2.30 bits per heavy atom. The zero-order chi connectivity index (χ0) is 19.4. The third kappa shape index (κ3) is 3.95. The van der Waals surface area contributed by atoms with E-state index in [9.17, 15) is 18.4 Å². The van der Waals surface area contributed by atoms with Crippen LogP contribution in [0.3, 0.4) is 0 Å². The van der Waals surface area contributed by atoms with Crippen LogP contribution in [0, 0.1) is 11.6 Å². The number of aromatic nitrogens is 1. The Balaban J connectivity index is 1.76. The van der Waals surface area contributed by atoms with Gasteiger partial charge in [-0.05, 0) is 42.5 Å². The summed E-state index contributed by atoms with van der Waals surface area (Å²) in [5.74, 6) is -2.72. The molecular weight excluding hydrogens is 356 g/mol. The lowest BCUT2D eigenvalue weighted by atomic mass is 10.2. The van der Waals surface area contributed by atoms with Gasteiger partial charge in [-0.15, -0.1) is 0 Å². The molecule has 3 amide bonds. The molecule has 2 N–H and O–H groups in total. The van der Waals surface area contributed by atoms with Crippen LogP contribution in [0.25, 0.3) is 5.69 Å². The highest BCUT2D eigenvalue weighted by Gasteiger charge is 2.19. The fraction of sp³-hybridized carbons (Fsp3) is 0.0526. The summed E-state index contributed by atoms with van der Waals surface area (Å²) >= 11 is 0. The molecule has 0 spiro atoms. The van der Waals surface area contributed by atoms with E-state index in [1.165, 1.54) is 7.11 Å². The molecule has 0 radical (unpaired) electrons. The Morgan fingerprint density at radius 2 is 1.67 bits per heavy atom. The number of halogens is 2. The molecule has 3 rings (SSSR count). The quantitative estimate of drug-likeness (QED) is 0.734. The zero-order valence-electron chi connectivity index (χ0n) is 14.2. The molecule has 0 atom stereocenters. The van der Waals surface area contributed by atoms with Crippen molar-refractivity contribution in [2.75, 3.05) is 12.4 Å². The summed E-state index contributed by atoms with van der Waals surface area (Å²) in [6, 6.07) is 10.6. The molecule has 0 saturated carbocycles. The van der Waals surface area contributed by atoms with Crippen LogP contribution in [0.1, 0.15) is 10.4 Å². The highest BCUT2D eigenvalue weighted by Crippen LogP contribution is 2.26. The number of methoxy groups -OCH3 is 1. The lowest BCUT2D eigenvalue weighted by molar-refractivity contribution is 0.0959. The van der Waals surface area contributed by atoms with Crippen LogP contribution in [-0.2, 0) is 0 Å². The predicted octanol–water partition coefficient (Wildman–Crippen LogP) is 3.73. The van der Waals surface area contributed by atoms with Crippen molar-refractivity contribution in [2.24, 2.45) is 0 Å². The Hall–Kier alpha value is -3.68. The standard InChI is InChI=1S/C19H15F2N3O3/c1-27-16-8-7-12(11-15(16)24-9-2-3-10-24)22-19(26)23-18(25)17-13(20)5-4-6-14(17)21/h2-11H,1H3,(H2,22,23,25,26). The number of amides is 3. The van der Waals surface area contributed by atoms with Gasteiger partial charge in [0.05, 0.1) is 12.8 Å². The average molecular weight is 371 g/mol. The number of rotatable bonds is 4. The monoisotopic (exact) mass is 371 g/mol. The van der Waals surface area contributed by atoms with Crippen LogP contribution in [0.15, 0.2) is 60.9 Å². The highest BCUT2D eigenvalue weighted by molar-refractivity contribution is 6.08. The first kappa shape index (κ1) is 18.1. The van der Waals surface area contributed by atoms with E-state index >= 15 is 0 Å². The molecule has 1 heterocycles.